The maximum absolute atomic E-state index is 14.3. The van der Waals surface area contributed by atoms with E-state index in [0.717, 1.165) is 5.84 Å². The molecule has 0 saturated heterocycles. The van der Waals surface area contributed by atoms with E-state index in [1.807, 2.05) is 13.8 Å². The van der Waals surface area contributed by atoms with E-state index in [4.69, 9.17) is 16.6 Å². The highest BCUT2D eigenvalue weighted by atomic mass is 35.5. The average molecular weight is 599 g/mol. The van der Waals surface area contributed by atoms with E-state index in [1.165, 1.54) is 37.8 Å². The number of benzene rings is 2. The molecule has 8 rings (SSSR count). The summed E-state index contributed by atoms with van der Waals surface area (Å²) in [7, 11) is -3.86. The standard InChI is InChI=1S/C31H36ClFN4O3S/c1-29(2)26(27(38)34-25(20-9-10-20)21-11-12-21)35-28(36-29)30-16-31(17-30,18-30)37(15-19-8-13-23(32)24(33)14-19)41(39,40)22-6-4-3-5-7-22/h3-8,13-14,20-21,25-26H,9-12,15-18H2,1-2H3,(H,34,38)(H,35,36)/t26-,30?,31?/m0/s1. The van der Waals surface area contributed by atoms with Gasteiger partial charge in [0.1, 0.15) is 11.7 Å². The lowest BCUT2D eigenvalue weighted by molar-refractivity contribution is -0.151. The summed E-state index contributed by atoms with van der Waals surface area (Å²) >= 11 is 5.90. The van der Waals surface area contributed by atoms with Crippen LogP contribution in [0.1, 0.15) is 64.4 Å². The molecule has 10 heteroatoms. The third-order valence-electron chi connectivity index (χ3n) is 9.87. The number of carbonyl (C=O) groups excluding carboxylic acids is 1. The Kier molecular flexibility index (Phi) is 6.17. The lowest BCUT2D eigenvalue weighted by Gasteiger charge is -2.73. The van der Waals surface area contributed by atoms with Gasteiger partial charge in [-0.15, -0.1) is 0 Å². The number of hydrogen-bond acceptors (Lipinski definition) is 5. The predicted octanol–water partition coefficient (Wildman–Crippen LogP) is 5.05. The minimum absolute atomic E-state index is 0.00259. The van der Waals surface area contributed by atoms with Crippen LogP contribution < -0.4 is 10.6 Å². The average Bonchev–Trinajstić information content (AvgIpc) is 3.81. The van der Waals surface area contributed by atoms with Crippen LogP contribution in [0.5, 0.6) is 0 Å². The fourth-order valence-corrected chi connectivity index (χ4v) is 9.30. The van der Waals surface area contributed by atoms with Crippen LogP contribution in [0.15, 0.2) is 58.4 Å². The fourth-order valence-electron chi connectivity index (χ4n) is 7.41. The Morgan fingerprint density at radius 3 is 2.32 bits per heavy atom. The summed E-state index contributed by atoms with van der Waals surface area (Å²) in [5, 5.41) is 6.90. The highest BCUT2D eigenvalue weighted by molar-refractivity contribution is 7.89. The summed E-state index contributed by atoms with van der Waals surface area (Å²) in [6, 6.07) is 12.6. The van der Waals surface area contributed by atoms with Gasteiger partial charge in [-0.3, -0.25) is 9.79 Å². The number of sulfonamides is 1. The van der Waals surface area contributed by atoms with Gasteiger partial charge in [0.15, 0.2) is 6.04 Å². The quantitative estimate of drug-likeness (QED) is 0.401. The summed E-state index contributed by atoms with van der Waals surface area (Å²) in [5.41, 5.74) is -0.868. The lowest BCUT2D eigenvalue weighted by Crippen LogP contribution is -2.78. The fraction of sp³-hybridized carbons (Fsp3) is 0.548. The molecule has 5 saturated carbocycles. The lowest BCUT2D eigenvalue weighted by atomic mass is 9.38. The van der Waals surface area contributed by atoms with Crippen molar-refractivity contribution in [2.75, 3.05) is 0 Å². The zero-order chi connectivity index (χ0) is 28.8. The first-order chi connectivity index (χ1) is 19.4. The summed E-state index contributed by atoms with van der Waals surface area (Å²) in [6.45, 7) is 4.07. The number of hydrogen-bond donors (Lipinski definition) is 2. The Morgan fingerprint density at radius 1 is 1.10 bits per heavy atom. The van der Waals surface area contributed by atoms with Crippen LogP contribution in [0.2, 0.25) is 5.02 Å². The van der Waals surface area contributed by atoms with E-state index in [2.05, 4.69) is 10.6 Å². The van der Waals surface area contributed by atoms with Crippen LogP contribution in [0.25, 0.3) is 0 Å². The van der Waals surface area contributed by atoms with Gasteiger partial charge in [0.05, 0.1) is 15.5 Å². The van der Waals surface area contributed by atoms with Gasteiger partial charge in [-0.2, -0.15) is 4.31 Å². The van der Waals surface area contributed by atoms with E-state index in [9.17, 15) is 17.6 Å². The molecule has 0 spiro atoms. The smallest absolute Gasteiger partial charge is 0.247 e. The number of halogens is 2. The van der Waals surface area contributed by atoms with Crippen LogP contribution in [0, 0.1) is 23.1 Å². The first-order valence-corrected chi connectivity index (χ1v) is 16.4. The van der Waals surface area contributed by atoms with Crippen molar-refractivity contribution in [1.82, 2.24) is 14.9 Å². The molecule has 218 valence electrons. The van der Waals surface area contributed by atoms with Crippen molar-refractivity contribution in [3.05, 3.63) is 64.9 Å². The first-order valence-electron chi connectivity index (χ1n) is 14.6. The summed E-state index contributed by atoms with van der Waals surface area (Å²) in [4.78, 5) is 18.6. The molecule has 1 atom stereocenters. The Morgan fingerprint density at radius 2 is 1.73 bits per heavy atom. The second-order valence-electron chi connectivity index (χ2n) is 13.5. The molecule has 2 N–H and O–H groups in total. The number of nitrogens with zero attached hydrogens (tertiary/aromatic N) is 2. The number of rotatable bonds is 10. The number of carbonyl (C=O) groups is 1. The molecule has 0 unspecified atom stereocenters. The van der Waals surface area contributed by atoms with Crippen LogP contribution in [0.3, 0.4) is 0 Å². The van der Waals surface area contributed by atoms with Gasteiger partial charge in [-0.25, -0.2) is 12.8 Å². The molecule has 2 bridgehead atoms. The number of amidine groups is 1. The van der Waals surface area contributed by atoms with E-state index >= 15 is 0 Å². The number of amides is 1. The van der Waals surface area contributed by atoms with E-state index < -0.39 is 33.0 Å². The Labute approximate surface area is 246 Å². The number of nitrogens with one attached hydrogen (secondary N) is 2. The molecule has 1 heterocycles. The molecular weight excluding hydrogens is 563 g/mol. The van der Waals surface area contributed by atoms with Crippen molar-refractivity contribution in [2.45, 2.75) is 93.4 Å². The SMILES string of the molecule is CC1(C)NC(C23CC(N(Cc4ccc(Cl)c(F)c4)S(=O)(=O)c4ccccc4)(C2)C3)=N[C@H]1C(=O)NC(C1CC1)C1CC1. The molecule has 2 aromatic carbocycles. The second-order valence-corrected chi connectivity index (χ2v) is 15.8. The van der Waals surface area contributed by atoms with Crippen molar-refractivity contribution in [1.29, 1.82) is 0 Å². The van der Waals surface area contributed by atoms with Gasteiger partial charge in [0, 0.05) is 23.5 Å². The molecule has 5 fully saturated rings. The maximum atomic E-state index is 14.3. The van der Waals surface area contributed by atoms with Crippen LogP contribution in [-0.4, -0.2) is 47.6 Å². The second kappa shape index (κ2) is 9.25. The monoisotopic (exact) mass is 598 g/mol. The number of aliphatic imine (C=N–C) groups is 1. The van der Waals surface area contributed by atoms with Crippen molar-refractivity contribution in [3.8, 4) is 0 Å². The Bertz CT molecular complexity index is 1510. The van der Waals surface area contributed by atoms with Crippen molar-refractivity contribution in [2.24, 2.45) is 22.2 Å². The molecular formula is C31H36ClFN4O3S. The topological polar surface area (TPSA) is 90.9 Å². The third kappa shape index (κ3) is 4.59. The van der Waals surface area contributed by atoms with E-state index in [-0.39, 0.29) is 33.8 Å². The van der Waals surface area contributed by atoms with Gasteiger partial charge in [-0.05, 0) is 100 Å². The molecule has 5 aliphatic carbocycles. The summed E-state index contributed by atoms with van der Waals surface area (Å²) < 4.78 is 43.8. The molecule has 41 heavy (non-hydrogen) atoms. The largest absolute Gasteiger partial charge is 0.366 e. The zero-order valence-corrected chi connectivity index (χ0v) is 24.9. The maximum Gasteiger partial charge on any atom is 0.247 e. The summed E-state index contributed by atoms with van der Waals surface area (Å²) in [6.07, 6.45) is 6.58. The van der Waals surface area contributed by atoms with Crippen LogP contribution >= 0.6 is 11.6 Å². The molecule has 0 aromatic heterocycles. The van der Waals surface area contributed by atoms with Crippen LogP contribution in [-0.2, 0) is 21.4 Å². The molecule has 7 nitrogen and oxygen atoms in total. The molecule has 1 aliphatic heterocycles. The van der Waals surface area contributed by atoms with Crippen molar-refractivity contribution < 1.29 is 17.6 Å². The van der Waals surface area contributed by atoms with Gasteiger partial charge < -0.3 is 10.6 Å². The van der Waals surface area contributed by atoms with Gasteiger partial charge >= 0.3 is 0 Å². The van der Waals surface area contributed by atoms with E-state index in [1.54, 1.807) is 40.7 Å². The van der Waals surface area contributed by atoms with Crippen LogP contribution in [0.4, 0.5) is 4.39 Å². The van der Waals surface area contributed by atoms with Gasteiger partial charge in [0.2, 0.25) is 15.9 Å². The van der Waals surface area contributed by atoms with Crippen molar-refractivity contribution in [3.63, 3.8) is 0 Å². The summed E-state index contributed by atoms with van der Waals surface area (Å²) in [5.74, 6) is 1.44. The highest BCUT2D eigenvalue weighted by Crippen LogP contribution is 2.71. The van der Waals surface area contributed by atoms with Gasteiger partial charge in [0.25, 0.3) is 0 Å². The predicted molar refractivity (Wildman–Crippen MR) is 155 cm³/mol. The van der Waals surface area contributed by atoms with Crippen molar-refractivity contribution >= 4 is 33.4 Å². The minimum atomic E-state index is -3.86. The zero-order valence-electron chi connectivity index (χ0n) is 23.4. The normalized spacial score (nSPS) is 29.9. The highest BCUT2D eigenvalue weighted by Gasteiger charge is 2.75. The van der Waals surface area contributed by atoms with E-state index in [0.29, 0.717) is 36.7 Å². The Hall–Kier alpha value is -2.49. The Balaban J connectivity index is 1.12. The molecule has 1 amide bonds. The first kappa shape index (κ1) is 27.3. The third-order valence-corrected chi connectivity index (χ3v) is 12.1. The molecule has 2 aromatic rings. The minimum Gasteiger partial charge on any atom is -0.366 e. The molecule has 6 aliphatic rings. The van der Waals surface area contributed by atoms with Gasteiger partial charge in [-0.1, -0.05) is 35.9 Å². The molecule has 0 radical (unpaired) electrons.